The quantitative estimate of drug-likeness (QED) is 0.0784. The molecule has 3 aromatic carbocycles. The van der Waals surface area contributed by atoms with E-state index in [0.29, 0.717) is 47.1 Å². The number of H-pyrrole nitrogens is 1. The number of ether oxygens (including phenoxy) is 1. The first-order valence-corrected chi connectivity index (χ1v) is 15.7. The number of fused-ring (bicyclic) bond motifs is 1. The van der Waals surface area contributed by atoms with Gasteiger partial charge in [-0.1, -0.05) is 38.1 Å². The van der Waals surface area contributed by atoms with Gasteiger partial charge in [-0.25, -0.2) is 23.9 Å². The van der Waals surface area contributed by atoms with Crippen LogP contribution in [0.4, 0.5) is 42.2 Å². The summed E-state index contributed by atoms with van der Waals surface area (Å²) in [5.74, 6) is -5.45. The Balaban J connectivity index is 0.000000476. The van der Waals surface area contributed by atoms with Crippen LogP contribution in [-0.2, 0) is 16.0 Å². The number of aromatic nitrogens is 3. The molecule has 5 rings (SSSR count). The van der Waals surface area contributed by atoms with E-state index in [1.54, 1.807) is 36.7 Å². The van der Waals surface area contributed by atoms with Crippen molar-refractivity contribution in [3.8, 4) is 17.0 Å². The fraction of sp³-hybridized carbons (Fsp3) is 0.229. The number of nitrogens with two attached hydrogens (primary N) is 2. The number of pyridine rings is 1. The number of amides is 1. The molecule has 54 heavy (non-hydrogen) atoms. The van der Waals surface area contributed by atoms with Crippen LogP contribution in [0.2, 0.25) is 0 Å². The zero-order valence-corrected chi connectivity index (χ0v) is 28.3. The first-order valence-electron chi connectivity index (χ1n) is 15.7. The number of imidazole rings is 1. The minimum atomic E-state index is -5.08. The lowest BCUT2D eigenvalue weighted by atomic mass is 9.99. The van der Waals surface area contributed by atoms with E-state index in [1.807, 2.05) is 50.2 Å². The second kappa shape index (κ2) is 17.9. The number of carboxylic acid groups (broad SMARTS) is 2. The molecule has 0 bridgehead atoms. The minimum absolute atomic E-state index is 0.200. The maximum absolute atomic E-state index is 16.1. The van der Waals surface area contributed by atoms with Gasteiger partial charge in [0.15, 0.2) is 11.6 Å². The molecule has 0 fully saturated rings. The Morgan fingerprint density at radius 2 is 1.57 bits per heavy atom. The number of aryl methyl sites for hydroxylation is 1. The van der Waals surface area contributed by atoms with Crippen molar-refractivity contribution < 1.29 is 60.1 Å². The monoisotopic (exact) mass is 766 g/mol. The van der Waals surface area contributed by atoms with Gasteiger partial charge in [0.05, 0.1) is 12.3 Å². The van der Waals surface area contributed by atoms with Gasteiger partial charge in [-0.05, 0) is 60.2 Å². The summed E-state index contributed by atoms with van der Waals surface area (Å²) in [4.78, 5) is 42.0. The fourth-order valence-electron chi connectivity index (χ4n) is 4.70. The van der Waals surface area contributed by atoms with Crippen molar-refractivity contribution in [3.05, 3.63) is 101 Å². The lowest BCUT2D eigenvalue weighted by Crippen LogP contribution is -2.21. The van der Waals surface area contributed by atoms with E-state index in [-0.39, 0.29) is 5.75 Å². The number of carboxylic acids is 2. The first-order chi connectivity index (χ1) is 25.3. The number of primary amides is 1. The number of hydrogen-bond acceptors (Lipinski definition) is 8. The molecular formula is C35H33F7N6O6. The molecule has 1 atom stereocenters. The highest BCUT2D eigenvalue weighted by Crippen LogP contribution is 2.35. The van der Waals surface area contributed by atoms with Crippen molar-refractivity contribution in [2.45, 2.75) is 45.1 Å². The van der Waals surface area contributed by atoms with Gasteiger partial charge < -0.3 is 36.7 Å². The molecular weight excluding hydrogens is 733 g/mol. The zero-order valence-electron chi connectivity index (χ0n) is 28.3. The number of nitrogens with zero attached hydrogens (tertiary/aromatic N) is 2. The summed E-state index contributed by atoms with van der Waals surface area (Å²) >= 11 is 0. The summed E-state index contributed by atoms with van der Waals surface area (Å²) < 4.78 is 85.3. The topological polar surface area (TPSA) is 207 Å². The molecule has 19 heteroatoms. The summed E-state index contributed by atoms with van der Waals surface area (Å²) in [6.07, 6.45) is -5.38. The van der Waals surface area contributed by atoms with Gasteiger partial charge >= 0.3 is 24.3 Å². The van der Waals surface area contributed by atoms with Crippen LogP contribution >= 0.6 is 0 Å². The van der Waals surface area contributed by atoms with Crippen molar-refractivity contribution >= 4 is 40.1 Å². The van der Waals surface area contributed by atoms with Gasteiger partial charge in [0.2, 0.25) is 5.91 Å². The summed E-state index contributed by atoms with van der Waals surface area (Å²) in [7, 11) is 0. The smallest absolute Gasteiger partial charge is 0.490 e. The molecule has 1 unspecified atom stereocenters. The number of nitrogen functional groups attached to an aromatic ring is 1. The molecule has 0 saturated carbocycles. The van der Waals surface area contributed by atoms with Gasteiger partial charge in [0.1, 0.15) is 17.7 Å². The fourth-order valence-corrected chi connectivity index (χ4v) is 4.70. The van der Waals surface area contributed by atoms with E-state index < -0.39 is 42.1 Å². The maximum atomic E-state index is 16.1. The third kappa shape index (κ3) is 11.1. The average Bonchev–Trinajstić information content (AvgIpc) is 3.60. The highest BCUT2D eigenvalue weighted by Gasteiger charge is 2.39. The van der Waals surface area contributed by atoms with Crippen molar-refractivity contribution in [3.63, 3.8) is 0 Å². The number of halogens is 7. The van der Waals surface area contributed by atoms with E-state index in [2.05, 4.69) is 15.3 Å². The van der Waals surface area contributed by atoms with E-state index >= 15 is 4.39 Å². The second-order valence-corrected chi connectivity index (χ2v) is 11.1. The van der Waals surface area contributed by atoms with E-state index in [0.717, 1.165) is 28.4 Å². The van der Waals surface area contributed by atoms with Crippen molar-refractivity contribution in [1.29, 1.82) is 0 Å². The largest absolute Gasteiger partial charge is 0.491 e. The van der Waals surface area contributed by atoms with Crippen LogP contribution in [0.25, 0.3) is 22.0 Å². The molecule has 0 aliphatic heterocycles. The number of carbonyl (C=O) groups excluding carboxylic acids is 1. The Hall–Kier alpha value is -6.40. The molecule has 2 aromatic heterocycles. The second-order valence-electron chi connectivity index (χ2n) is 11.1. The zero-order chi connectivity index (χ0) is 40.4. The molecule has 0 saturated heterocycles. The van der Waals surface area contributed by atoms with Gasteiger partial charge in [0, 0.05) is 40.2 Å². The van der Waals surface area contributed by atoms with Crippen molar-refractivity contribution in [2.75, 3.05) is 17.7 Å². The number of benzene rings is 3. The Labute approximate surface area is 302 Å². The molecule has 0 aliphatic rings. The number of alkyl halides is 6. The number of rotatable bonds is 10. The number of hydrogen-bond donors (Lipinski definition) is 6. The molecule has 0 spiro atoms. The Kier molecular flexibility index (Phi) is 13.9. The predicted molar refractivity (Wildman–Crippen MR) is 183 cm³/mol. The molecule has 1 amide bonds. The van der Waals surface area contributed by atoms with Crippen LogP contribution in [0.1, 0.15) is 53.6 Å². The van der Waals surface area contributed by atoms with Crippen LogP contribution in [0.15, 0.2) is 73.1 Å². The standard InChI is InChI=1S/C31H31FN6O2.2C2HF3O2/c1-3-13-40-26-15-18(4-2)14-24(27(26)32)28(37-20-9-10-21-19(16-20)11-12-35-29(21)33)31-36-17-25(38-31)22-7-5-6-8-23(22)30(34)39;2*3-2(4,5)1(6)7/h5-12,14-17,28,37H,3-4,13H2,1-2H3,(H2,33,35)(H2,34,39)(H,36,38);2*(H,6,7). The average molecular weight is 767 g/mol. The Morgan fingerprint density at radius 1 is 0.944 bits per heavy atom. The number of anilines is 2. The molecule has 5 aromatic rings. The van der Waals surface area contributed by atoms with Crippen molar-refractivity contribution in [1.82, 2.24) is 15.0 Å². The van der Waals surface area contributed by atoms with E-state index in [1.165, 1.54) is 0 Å². The molecule has 288 valence electrons. The molecule has 0 radical (unpaired) electrons. The minimum Gasteiger partial charge on any atom is -0.491 e. The van der Waals surface area contributed by atoms with E-state index in [9.17, 15) is 31.1 Å². The maximum Gasteiger partial charge on any atom is 0.490 e. The van der Waals surface area contributed by atoms with Crippen LogP contribution in [0.3, 0.4) is 0 Å². The molecule has 0 aliphatic carbocycles. The molecule has 8 N–H and O–H groups in total. The van der Waals surface area contributed by atoms with Crippen LogP contribution in [0, 0.1) is 5.82 Å². The number of carbonyl (C=O) groups is 3. The van der Waals surface area contributed by atoms with Gasteiger partial charge in [-0.15, -0.1) is 0 Å². The third-order valence-electron chi connectivity index (χ3n) is 7.24. The first kappa shape index (κ1) is 42.0. The van der Waals surface area contributed by atoms with Crippen LogP contribution in [0.5, 0.6) is 5.75 Å². The lowest BCUT2D eigenvalue weighted by Gasteiger charge is -2.22. The Morgan fingerprint density at radius 3 is 2.15 bits per heavy atom. The predicted octanol–water partition coefficient (Wildman–Crippen LogP) is 7.26. The SMILES string of the molecule is CCCOc1cc(CC)cc(C(Nc2ccc3c(N)nccc3c2)c2nc(-c3ccccc3C(N)=O)c[nH]2)c1F.O=C(O)C(F)(F)F.O=C(O)C(F)(F)F. The van der Waals surface area contributed by atoms with Crippen LogP contribution < -0.4 is 21.5 Å². The van der Waals surface area contributed by atoms with Gasteiger partial charge in [-0.2, -0.15) is 26.3 Å². The third-order valence-corrected chi connectivity index (χ3v) is 7.24. The summed E-state index contributed by atoms with van der Waals surface area (Å²) in [5, 5.41) is 19.4. The summed E-state index contributed by atoms with van der Waals surface area (Å²) in [5.41, 5.74) is 15.1. The normalized spacial score (nSPS) is 11.7. The molecule has 12 nitrogen and oxygen atoms in total. The van der Waals surface area contributed by atoms with Crippen LogP contribution in [-0.4, -0.2) is 62.0 Å². The Bertz CT molecular complexity index is 2080. The highest BCUT2D eigenvalue weighted by atomic mass is 19.4. The van der Waals surface area contributed by atoms with Gasteiger partial charge in [-0.3, -0.25) is 4.79 Å². The van der Waals surface area contributed by atoms with Crippen molar-refractivity contribution in [2.24, 2.45) is 5.73 Å². The highest BCUT2D eigenvalue weighted by molar-refractivity contribution is 5.99. The number of aliphatic carboxylic acids is 2. The summed E-state index contributed by atoms with van der Waals surface area (Å²) in [6, 6.07) is 17.4. The molecule has 2 heterocycles. The number of nitrogens with one attached hydrogen (secondary N) is 2. The lowest BCUT2D eigenvalue weighted by molar-refractivity contribution is -0.193. The van der Waals surface area contributed by atoms with Gasteiger partial charge in [0.25, 0.3) is 0 Å². The summed E-state index contributed by atoms with van der Waals surface area (Å²) in [6.45, 7) is 4.39. The van der Waals surface area contributed by atoms with E-state index in [4.69, 9.17) is 41.0 Å². The number of aromatic amines is 1.